The average molecular weight is 291 g/mol. The Morgan fingerprint density at radius 2 is 1.85 bits per heavy atom. The van der Waals surface area contributed by atoms with Crippen LogP contribution in [0.1, 0.15) is 55.1 Å². The van der Waals surface area contributed by atoms with E-state index in [1.807, 2.05) is 11.3 Å². The topological polar surface area (TPSA) is 28.2 Å². The minimum Gasteiger partial charge on any atom is -0.348 e. The number of aromatic nitrogens is 1. The predicted octanol–water partition coefficient (Wildman–Crippen LogP) is 3.37. The minimum absolute atomic E-state index is 0.550. The normalized spacial score (nSPS) is 25.6. The van der Waals surface area contributed by atoms with E-state index in [0.29, 0.717) is 6.04 Å². The van der Waals surface area contributed by atoms with E-state index in [0.717, 1.165) is 11.8 Å². The number of anilines is 1. The molecule has 2 saturated carbocycles. The third kappa shape index (κ3) is 2.73. The van der Waals surface area contributed by atoms with Crippen LogP contribution in [0, 0.1) is 11.8 Å². The monoisotopic (exact) mass is 291 g/mol. The predicted molar refractivity (Wildman–Crippen MR) is 84.5 cm³/mol. The molecule has 0 aromatic carbocycles. The molecule has 110 valence electrons. The Balaban J connectivity index is 1.56. The van der Waals surface area contributed by atoms with Crippen molar-refractivity contribution in [2.45, 2.75) is 51.0 Å². The second-order valence-electron chi connectivity index (χ2n) is 6.83. The van der Waals surface area contributed by atoms with Gasteiger partial charge in [-0.3, -0.25) is 0 Å². The van der Waals surface area contributed by atoms with Gasteiger partial charge >= 0.3 is 0 Å². The van der Waals surface area contributed by atoms with Crippen molar-refractivity contribution in [2.24, 2.45) is 11.8 Å². The lowest BCUT2D eigenvalue weighted by Gasteiger charge is -2.21. The van der Waals surface area contributed by atoms with Crippen molar-refractivity contribution in [3.8, 4) is 0 Å². The summed E-state index contributed by atoms with van der Waals surface area (Å²) >= 11 is 1.97. The Morgan fingerprint density at radius 3 is 2.45 bits per heavy atom. The van der Waals surface area contributed by atoms with Gasteiger partial charge in [0.25, 0.3) is 0 Å². The number of rotatable bonds is 6. The molecule has 3 aliphatic rings. The van der Waals surface area contributed by atoms with Crippen LogP contribution in [0.15, 0.2) is 0 Å². The molecule has 4 rings (SSSR count). The average Bonchev–Trinajstić information content (AvgIpc) is 3.38. The van der Waals surface area contributed by atoms with Gasteiger partial charge in [-0.1, -0.05) is 11.3 Å². The van der Waals surface area contributed by atoms with Crippen LogP contribution in [0.3, 0.4) is 0 Å². The van der Waals surface area contributed by atoms with Crippen LogP contribution in [0.4, 0.5) is 5.13 Å². The molecule has 1 unspecified atom stereocenters. The maximum absolute atomic E-state index is 5.02. The molecule has 0 aliphatic heterocycles. The number of fused-ring (bicyclic) bond motifs is 1. The Kier molecular flexibility index (Phi) is 3.47. The van der Waals surface area contributed by atoms with Crippen molar-refractivity contribution in [2.75, 3.05) is 25.0 Å². The first-order valence-electron chi connectivity index (χ1n) is 8.25. The van der Waals surface area contributed by atoms with Gasteiger partial charge in [0, 0.05) is 24.0 Å². The SMILES string of the molecule is CNC1CCCc2nc(N(CC3CC3)CC3CC3)sc21. The van der Waals surface area contributed by atoms with E-state index in [2.05, 4.69) is 17.3 Å². The maximum atomic E-state index is 5.02. The molecule has 1 N–H and O–H groups in total. The summed E-state index contributed by atoms with van der Waals surface area (Å²) in [5.74, 6) is 1.91. The highest BCUT2D eigenvalue weighted by molar-refractivity contribution is 7.15. The van der Waals surface area contributed by atoms with Crippen LogP contribution in [-0.2, 0) is 6.42 Å². The van der Waals surface area contributed by atoms with Gasteiger partial charge in [-0.25, -0.2) is 4.98 Å². The summed E-state index contributed by atoms with van der Waals surface area (Å²) < 4.78 is 0. The molecule has 1 atom stereocenters. The van der Waals surface area contributed by atoms with Gasteiger partial charge in [-0.2, -0.15) is 0 Å². The van der Waals surface area contributed by atoms with Crippen molar-refractivity contribution in [3.63, 3.8) is 0 Å². The fraction of sp³-hybridized carbons (Fsp3) is 0.812. The Morgan fingerprint density at radius 1 is 1.15 bits per heavy atom. The van der Waals surface area contributed by atoms with Gasteiger partial charge in [-0.05, 0) is 63.8 Å². The molecule has 1 aromatic heterocycles. The Labute approximate surface area is 125 Å². The summed E-state index contributed by atoms with van der Waals surface area (Å²) in [6, 6.07) is 0.550. The molecule has 0 radical (unpaired) electrons. The number of thiazole rings is 1. The standard InChI is InChI=1S/C16H25N3S/c1-17-13-3-2-4-14-15(13)20-16(18-14)19(9-11-5-6-11)10-12-7-8-12/h11-13,17H,2-10H2,1H3. The van der Waals surface area contributed by atoms with Gasteiger partial charge in [0.15, 0.2) is 5.13 Å². The van der Waals surface area contributed by atoms with Gasteiger partial charge in [-0.15, -0.1) is 0 Å². The van der Waals surface area contributed by atoms with Crippen LogP contribution >= 0.6 is 11.3 Å². The summed E-state index contributed by atoms with van der Waals surface area (Å²) in [4.78, 5) is 9.15. The molecule has 0 saturated heterocycles. The highest BCUT2D eigenvalue weighted by Crippen LogP contribution is 2.41. The molecular formula is C16H25N3S. The van der Waals surface area contributed by atoms with Crippen molar-refractivity contribution in [3.05, 3.63) is 10.6 Å². The van der Waals surface area contributed by atoms with Crippen molar-refractivity contribution in [1.82, 2.24) is 10.3 Å². The van der Waals surface area contributed by atoms with E-state index >= 15 is 0 Å². The molecular weight excluding hydrogens is 266 g/mol. The van der Waals surface area contributed by atoms with Gasteiger partial charge < -0.3 is 10.2 Å². The van der Waals surface area contributed by atoms with Crippen molar-refractivity contribution >= 4 is 16.5 Å². The fourth-order valence-corrected chi connectivity index (χ4v) is 4.55. The van der Waals surface area contributed by atoms with Crippen LogP contribution in [0.5, 0.6) is 0 Å². The zero-order valence-electron chi connectivity index (χ0n) is 12.4. The zero-order valence-corrected chi connectivity index (χ0v) is 13.2. The van der Waals surface area contributed by atoms with Crippen LogP contribution in [0.25, 0.3) is 0 Å². The second kappa shape index (κ2) is 5.30. The summed E-state index contributed by atoms with van der Waals surface area (Å²) in [5, 5.41) is 4.79. The summed E-state index contributed by atoms with van der Waals surface area (Å²) in [6.07, 6.45) is 9.49. The number of nitrogens with one attached hydrogen (secondary N) is 1. The first kappa shape index (κ1) is 13.1. The van der Waals surface area contributed by atoms with E-state index in [4.69, 9.17) is 4.98 Å². The van der Waals surface area contributed by atoms with Crippen LogP contribution in [-0.4, -0.2) is 25.1 Å². The lowest BCUT2D eigenvalue weighted by molar-refractivity contribution is 0.501. The lowest BCUT2D eigenvalue weighted by Crippen LogP contribution is -2.27. The fourth-order valence-electron chi connectivity index (χ4n) is 3.27. The minimum atomic E-state index is 0.550. The Bertz CT molecular complexity index is 462. The number of aryl methyl sites for hydroxylation is 1. The highest BCUT2D eigenvalue weighted by atomic mass is 32.1. The third-order valence-corrected chi connectivity index (χ3v) is 6.18. The van der Waals surface area contributed by atoms with E-state index < -0.39 is 0 Å². The molecule has 4 heteroatoms. The van der Waals surface area contributed by atoms with Crippen LogP contribution < -0.4 is 10.2 Å². The molecule has 1 heterocycles. The summed E-state index contributed by atoms with van der Waals surface area (Å²) in [5.41, 5.74) is 1.38. The number of hydrogen-bond donors (Lipinski definition) is 1. The largest absolute Gasteiger partial charge is 0.348 e. The molecule has 3 aliphatic carbocycles. The molecule has 2 fully saturated rings. The summed E-state index contributed by atoms with van der Waals surface area (Å²) in [7, 11) is 2.09. The molecule has 0 amide bonds. The van der Waals surface area contributed by atoms with E-state index in [-0.39, 0.29) is 0 Å². The van der Waals surface area contributed by atoms with E-state index in [1.165, 1.54) is 73.7 Å². The van der Waals surface area contributed by atoms with Gasteiger partial charge in [0.1, 0.15) is 0 Å². The lowest BCUT2D eigenvalue weighted by atomic mass is 9.98. The first-order chi connectivity index (χ1) is 9.83. The van der Waals surface area contributed by atoms with Gasteiger partial charge in [0.2, 0.25) is 0 Å². The van der Waals surface area contributed by atoms with E-state index in [9.17, 15) is 0 Å². The maximum Gasteiger partial charge on any atom is 0.185 e. The van der Waals surface area contributed by atoms with Crippen molar-refractivity contribution < 1.29 is 0 Å². The number of hydrogen-bond acceptors (Lipinski definition) is 4. The first-order valence-corrected chi connectivity index (χ1v) is 9.07. The Hall–Kier alpha value is -0.610. The molecule has 0 bridgehead atoms. The van der Waals surface area contributed by atoms with Crippen molar-refractivity contribution in [1.29, 1.82) is 0 Å². The number of nitrogens with zero attached hydrogens (tertiary/aromatic N) is 2. The van der Waals surface area contributed by atoms with Gasteiger partial charge in [0.05, 0.1) is 5.69 Å². The molecule has 0 spiro atoms. The highest BCUT2D eigenvalue weighted by Gasteiger charge is 2.32. The molecule has 1 aromatic rings. The quantitative estimate of drug-likeness (QED) is 0.871. The smallest absolute Gasteiger partial charge is 0.185 e. The molecule has 20 heavy (non-hydrogen) atoms. The second-order valence-corrected chi connectivity index (χ2v) is 7.84. The van der Waals surface area contributed by atoms with Crippen LogP contribution in [0.2, 0.25) is 0 Å². The molecule has 3 nitrogen and oxygen atoms in total. The zero-order chi connectivity index (χ0) is 13.5. The summed E-state index contributed by atoms with van der Waals surface area (Å²) in [6.45, 7) is 2.51. The van der Waals surface area contributed by atoms with E-state index in [1.54, 1.807) is 0 Å². The third-order valence-electron chi connectivity index (χ3n) is 4.91.